The summed E-state index contributed by atoms with van der Waals surface area (Å²) in [5.74, 6) is 0.760. The van der Waals surface area contributed by atoms with Gasteiger partial charge >= 0.3 is 5.97 Å². The van der Waals surface area contributed by atoms with Gasteiger partial charge < -0.3 is 9.84 Å². The predicted octanol–water partition coefficient (Wildman–Crippen LogP) is 4.87. The first-order valence-electron chi connectivity index (χ1n) is 11.8. The number of piperidine rings is 3. The minimum atomic E-state index is -0.513. The van der Waals surface area contributed by atoms with Crippen LogP contribution >= 0.6 is 0 Å². The maximum absolute atomic E-state index is 11.8. The van der Waals surface area contributed by atoms with E-state index >= 15 is 0 Å². The molecule has 5 nitrogen and oxygen atoms in total. The Labute approximate surface area is 194 Å². The van der Waals surface area contributed by atoms with Crippen LogP contribution in [0.15, 0.2) is 66.9 Å². The third-order valence-corrected chi connectivity index (χ3v) is 7.17. The van der Waals surface area contributed by atoms with E-state index in [2.05, 4.69) is 28.1 Å². The highest BCUT2D eigenvalue weighted by Crippen LogP contribution is 2.42. The Hall–Kier alpha value is -3.02. The molecule has 3 aliphatic heterocycles. The van der Waals surface area contributed by atoms with Gasteiger partial charge in [-0.1, -0.05) is 42.5 Å². The normalized spacial score (nSPS) is 25.4. The van der Waals surface area contributed by atoms with Crippen LogP contribution in [0.1, 0.15) is 47.4 Å². The molecular weight excluding hydrogens is 412 g/mol. The number of aliphatic hydroxyl groups is 1. The second-order valence-corrected chi connectivity index (χ2v) is 9.07. The number of rotatable bonds is 6. The first kappa shape index (κ1) is 21.8. The molecule has 0 amide bonds. The molecule has 4 unspecified atom stereocenters. The SMILES string of the molecule is CCOC(=O)c1ccc(/C=C/C2CN3CCC2CC3[C@@H](O)c2ccnc3ccccc23)cc1. The summed E-state index contributed by atoms with van der Waals surface area (Å²) in [4.78, 5) is 18.7. The highest BCUT2D eigenvalue weighted by Gasteiger charge is 2.42. The molecule has 3 aromatic rings. The van der Waals surface area contributed by atoms with Crippen molar-refractivity contribution in [1.82, 2.24) is 9.88 Å². The van der Waals surface area contributed by atoms with E-state index in [-0.39, 0.29) is 12.0 Å². The van der Waals surface area contributed by atoms with Crippen molar-refractivity contribution >= 4 is 22.9 Å². The number of carbonyl (C=O) groups excluding carboxylic acids is 1. The number of esters is 1. The Morgan fingerprint density at radius 3 is 2.79 bits per heavy atom. The molecule has 5 atom stereocenters. The maximum atomic E-state index is 11.8. The number of pyridine rings is 1. The third kappa shape index (κ3) is 4.43. The molecule has 0 radical (unpaired) electrons. The molecule has 33 heavy (non-hydrogen) atoms. The smallest absolute Gasteiger partial charge is 0.338 e. The number of benzene rings is 2. The van der Waals surface area contributed by atoms with Gasteiger partial charge in [0, 0.05) is 24.2 Å². The monoisotopic (exact) mass is 442 g/mol. The van der Waals surface area contributed by atoms with Crippen molar-refractivity contribution in [2.24, 2.45) is 11.8 Å². The molecule has 0 aliphatic carbocycles. The van der Waals surface area contributed by atoms with E-state index in [1.54, 1.807) is 6.20 Å². The van der Waals surface area contributed by atoms with Gasteiger partial charge in [0.2, 0.25) is 0 Å². The highest BCUT2D eigenvalue weighted by molar-refractivity contribution is 5.89. The second-order valence-electron chi connectivity index (χ2n) is 9.07. The first-order valence-corrected chi connectivity index (χ1v) is 11.8. The molecule has 0 spiro atoms. The lowest BCUT2D eigenvalue weighted by Crippen LogP contribution is -2.54. The van der Waals surface area contributed by atoms with Crippen LogP contribution in [0.4, 0.5) is 0 Å². The van der Waals surface area contributed by atoms with Gasteiger partial charge in [-0.2, -0.15) is 0 Å². The summed E-state index contributed by atoms with van der Waals surface area (Å²) in [7, 11) is 0. The molecule has 1 aromatic heterocycles. The van der Waals surface area contributed by atoms with Gasteiger partial charge in [0.05, 0.1) is 23.8 Å². The quantitative estimate of drug-likeness (QED) is 0.552. The van der Waals surface area contributed by atoms with Crippen LogP contribution in [0.3, 0.4) is 0 Å². The number of hydrogen-bond donors (Lipinski definition) is 1. The fourth-order valence-corrected chi connectivity index (χ4v) is 5.42. The molecule has 5 heteroatoms. The van der Waals surface area contributed by atoms with Crippen molar-refractivity contribution in [1.29, 1.82) is 0 Å². The van der Waals surface area contributed by atoms with Crippen molar-refractivity contribution in [2.45, 2.75) is 31.9 Å². The van der Waals surface area contributed by atoms with E-state index in [0.29, 0.717) is 24.0 Å². The first-order chi connectivity index (χ1) is 16.1. The van der Waals surface area contributed by atoms with Gasteiger partial charge in [0.25, 0.3) is 0 Å². The van der Waals surface area contributed by atoms with Crippen molar-refractivity contribution in [3.8, 4) is 0 Å². The number of ether oxygens (including phenoxy) is 1. The van der Waals surface area contributed by atoms with E-state index < -0.39 is 6.10 Å². The molecule has 4 heterocycles. The largest absolute Gasteiger partial charge is 0.462 e. The summed E-state index contributed by atoms with van der Waals surface area (Å²) in [5.41, 5.74) is 3.57. The summed E-state index contributed by atoms with van der Waals surface area (Å²) >= 11 is 0. The van der Waals surface area contributed by atoms with Crippen LogP contribution in [0, 0.1) is 11.8 Å². The molecule has 0 saturated carbocycles. The standard InChI is InChI=1S/C28H30N2O3/c1-2-33-28(32)20-10-7-19(8-11-20)9-12-22-18-30-16-14-21(22)17-26(30)27(31)24-13-15-29-25-6-4-3-5-23(24)25/h3-13,15,21-22,26-27,31H,2,14,16-18H2,1H3/b12-9+/t21?,22?,26?,27-/m0/s1. The third-order valence-electron chi connectivity index (χ3n) is 7.17. The van der Waals surface area contributed by atoms with Crippen LogP contribution in [-0.4, -0.2) is 46.7 Å². The lowest BCUT2D eigenvalue weighted by Gasteiger charge is -2.50. The Morgan fingerprint density at radius 2 is 2.03 bits per heavy atom. The molecule has 170 valence electrons. The number of para-hydroxylation sites is 1. The van der Waals surface area contributed by atoms with Crippen LogP contribution in [-0.2, 0) is 4.74 Å². The van der Waals surface area contributed by atoms with Crippen LogP contribution < -0.4 is 0 Å². The number of hydrogen-bond acceptors (Lipinski definition) is 5. The van der Waals surface area contributed by atoms with Gasteiger partial charge in [-0.15, -0.1) is 0 Å². The van der Waals surface area contributed by atoms with Crippen molar-refractivity contribution in [3.63, 3.8) is 0 Å². The van der Waals surface area contributed by atoms with Crippen molar-refractivity contribution < 1.29 is 14.6 Å². The average Bonchev–Trinajstić information content (AvgIpc) is 2.87. The van der Waals surface area contributed by atoms with Gasteiger partial charge in [0.1, 0.15) is 0 Å². The summed E-state index contributed by atoms with van der Waals surface area (Å²) in [6.45, 7) is 4.19. The Balaban J connectivity index is 1.27. The summed E-state index contributed by atoms with van der Waals surface area (Å²) in [5, 5.41) is 12.4. The predicted molar refractivity (Wildman–Crippen MR) is 130 cm³/mol. The van der Waals surface area contributed by atoms with Gasteiger partial charge in [-0.3, -0.25) is 9.88 Å². The van der Waals surface area contributed by atoms with Crippen molar-refractivity contribution in [3.05, 3.63) is 83.6 Å². The molecular formula is C28H30N2O3. The van der Waals surface area contributed by atoms with E-state index in [1.165, 1.54) is 0 Å². The zero-order valence-corrected chi connectivity index (χ0v) is 18.9. The molecule has 3 aliphatic rings. The fourth-order valence-electron chi connectivity index (χ4n) is 5.42. The highest BCUT2D eigenvalue weighted by atomic mass is 16.5. The Morgan fingerprint density at radius 1 is 1.21 bits per heavy atom. The minimum absolute atomic E-state index is 0.142. The zero-order chi connectivity index (χ0) is 22.8. The van der Waals surface area contributed by atoms with Crippen molar-refractivity contribution in [2.75, 3.05) is 19.7 Å². The number of aliphatic hydroxyl groups excluding tert-OH is 1. The molecule has 3 saturated heterocycles. The maximum Gasteiger partial charge on any atom is 0.338 e. The second kappa shape index (κ2) is 9.46. The fraction of sp³-hybridized carbons (Fsp3) is 0.357. The Kier molecular flexibility index (Phi) is 6.25. The Bertz CT molecular complexity index is 1150. The molecule has 2 aromatic carbocycles. The van der Waals surface area contributed by atoms with E-state index in [9.17, 15) is 9.90 Å². The number of nitrogens with zero attached hydrogens (tertiary/aromatic N) is 2. The van der Waals surface area contributed by atoms with Gasteiger partial charge in [-0.25, -0.2) is 4.79 Å². The minimum Gasteiger partial charge on any atom is -0.462 e. The van der Waals surface area contributed by atoms with Crippen LogP contribution in [0.2, 0.25) is 0 Å². The number of fused-ring (bicyclic) bond motifs is 4. The number of aromatic nitrogens is 1. The van der Waals surface area contributed by atoms with Gasteiger partial charge in [-0.05, 0) is 73.5 Å². The van der Waals surface area contributed by atoms with Crippen LogP contribution in [0.5, 0.6) is 0 Å². The van der Waals surface area contributed by atoms with E-state index in [0.717, 1.165) is 48.0 Å². The summed E-state index contributed by atoms with van der Waals surface area (Å²) in [6, 6.07) is 17.7. The number of carbonyl (C=O) groups is 1. The lowest BCUT2D eigenvalue weighted by molar-refractivity contribution is -0.0444. The topological polar surface area (TPSA) is 62.7 Å². The van der Waals surface area contributed by atoms with E-state index in [1.807, 2.05) is 55.5 Å². The van der Waals surface area contributed by atoms with E-state index in [4.69, 9.17) is 4.74 Å². The average molecular weight is 443 g/mol. The zero-order valence-electron chi connectivity index (χ0n) is 18.9. The lowest BCUT2D eigenvalue weighted by atomic mass is 9.73. The van der Waals surface area contributed by atoms with Gasteiger partial charge in [0.15, 0.2) is 0 Å². The van der Waals surface area contributed by atoms with Crippen LogP contribution in [0.25, 0.3) is 17.0 Å². The summed E-state index contributed by atoms with van der Waals surface area (Å²) < 4.78 is 5.05. The molecule has 1 N–H and O–H groups in total. The summed E-state index contributed by atoms with van der Waals surface area (Å²) in [6.07, 6.45) is 7.91. The molecule has 6 rings (SSSR count). The molecule has 3 fully saturated rings. The molecule has 2 bridgehead atoms.